The predicted octanol–water partition coefficient (Wildman–Crippen LogP) is 0.952. The van der Waals surface area contributed by atoms with Crippen LogP contribution in [-0.4, -0.2) is 75.9 Å². The van der Waals surface area contributed by atoms with E-state index in [0.29, 0.717) is 18.5 Å². The minimum Gasteiger partial charge on any atom is -0.379 e. The molecule has 0 aliphatic carbocycles. The number of hydrogen-bond acceptors (Lipinski definition) is 5. The lowest BCUT2D eigenvalue weighted by atomic mass is 10.0. The molecule has 2 aliphatic rings. The number of urea groups is 1. The van der Waals surface area contributed by atoms with E-state index in [1.54, 1.807) is 24.3 Å². The zero-order valence-corrected chi connectivity index (χ0v) is 16.2. The van der Waals surface area contributed by atoms with E-state index in [4.69, 9.17) is 4.74 Å². The summed E-state index contributed by atoms with van der Waals surface area (Å²) in [6.07, 6.45) is 1.18. The second-order valence-corrected chi connectivity index (χ2v) is 9.19. The Morgan fingerprint density at radius 2 is 1.85 bits per heavy atom. The molecule has 2 unspecified atom stereocenters. The van der Waals surface area contributed by atoms with Crippen LogP contribution in [0.1, 0.15) is 12.5 Å². The molecular formula is C18H27N3O4S. The van der Waals surface area contributed by atoms with E-state index in [0.717, 1.165) is 45.0 Å². The van der Waals surface area contributed by atoms with Gasteiger partial charge in [0, 0.05) is 45.0 Å². The van der Waals surface area contributed by atoms with E-state index in [1.165, 1.54) is 6.26 Å². The summed E-state index contributed by atoms with van der Waals surface area (Å²) in [5.74, 6) is 0.438. The van der Waals surface area contributed by atoms with Gasteiger partial charge >= 0.3 is 6.03 Å². The van der Waals surface area contributed by atoms with Gasteiger partial charge in [-0.15, -0.1) is 0 Å². The third-order valence-corrected chi connectivity index (χ3v) is 6.30. The SMILES string of the molecule is CC1CN(C(=O)NCc2ccc(S(C)(=O)=O)cc2)CC1N1CCOCC1. The average molecular weight is 381 g/mol. The second-order valence-electron chi connectivity index (χ2n) is 7.17. The van der Waals surface area contributed by atoms with Crippen LogP contribution in [0.3, 0.4) is 0 Å². The number of carbonyl (C=O) groups is 1. The summed E-state index contributed by atoms with van der Waals surface area (Å²) < 4.78 is 28.4. The van der Waals surface area contributed by atoms with Gasteiger partial charge in [0.05, 0.1) is 18.1 Å². The van der Waals surface area contributed by atoms with E-state index >= 15 is 0 Å². The average Bonchev–Trinajstić information content (AvgIpc) is 3.02. The molecule has 0 saturated carbocycles. The molecule has 8 heteroatoms. The summed E-state index contributed by atoms with van der Waals surface area (Å²) in [6.45, 7) is 7.44. The number of carbonyl (C=O) groups excluding carboxylic acids is 1. The van der Waals surface area contributed by atoms with Gasteiger partial charge in [-0.1, -0.05) is 19.1 Å². The van der Waals surface area contributed by atoms with Gasteiger partial charge in [0.1, 0.15) is 0 Å². The topological polar surface area (TPSA) is 79.0 Å². The molecule has 2 saturated heterocycles. The van der Waals surface area contributed by atoms with Crippen LogP contribution in [0.2, 0.25) is 0 Å². The van der Waals surface area contributed by atoms with Crippen molar-refractivity contribution in [3.63, 3.8) is 0 Å². The number of hydrogen-bond donors (Lipinski definition) is 1. The molecule has 2 aliphatic heterocycles. The number of ether oxygens (including phenoxy) is 1. The highest BCUT2D eigenvalue weighted by Crippen LogP contribution is 2.22. The minimum atomic E-state index is -3.20. The fourth-order valence-corrected chi connectivity index (χ4v) is 4.27. The van der Waals surface area contributed by atoms with Crippen LogP contribution >= 0.6 is 0 Å². The summed E-state index contributed by atoms with van der Waals surface area (Å²) in [4.78, 5) is 17.1. The molecule has 2 heterocycles. The van der Waals surface area contributed by atoms with Crippen LogP contribution in [0, 0.1) is 5.92 Å². The number of morpholine rings is 1. The monoisotopic (exact) mass is 381 g/mol. The molecule has 2 amide bonds. The van der Waals surface area contributed by atoms with E-state index < -0.39 is 9.84 Å². The Hall–Kier alpha value is -1.64. The van der Waals surface area contributed by atoms with E-state index in [1.807, 2.05) is 4.90 Å². The summed E-state index contributed by atoms with van der Waals surface area (Å²) in [5.41, 5.74) is 0.878. The quantitative estimate of drug-likeness (QED) is 0.840. The van der Waals surface area contributed by atoms with Crippen molar-refractivity contribution >= 4 is 15.9 Å². The summed E-state index contributed by atoms with van der Waals surface area (Å²) in [6, 6.07) is 6.94. The first-order valence-corrected chi connectivity index (χ1v) is 10.9. The number of amides is 2. The number of benzene rings is 1. The molecule has 26 heavy (non-hydrogen) atoms. The Morgan fingerprint density at radius 1 is 1.19 bits per heavy atom. The van der Waals surface area contributed by atoms with E-state index in [-0.39, 0.29) is 10.9 Å². The minimum absolute atomic E-state index is 0.0696. The van der Waals surface area contributed by atoms with Crippen molar-refractivity contribution in [3.05, 3.63) is 29.8 Å². The Balaban J connectivity index is 1.52. The first-order chi connectivity index (χ1) is 12.3. The Kier molecular flexibility index (Phi) is 5.84. The Labute approximate surface area is 155 Å². The lowest BCUT2D eigenvalue weighted by Crippen LogP contribution is -2.47. The van der Waals surface area contributed by atoms with Gasteiger partial charge in [-0.25, -0.2) is 13.2 Å². The van der Waals surface area contributed by atoms with Crippen molar-refractivity contribution < 1.29 is 17.9 Å². The van der Waals surface area contributed by atoms with Crippen molar-refractivity contribution in [2.45, 2.75) is 24.4 Å². The maximum Gasteiger partial charge on any atom is 0.317 e. The molecule has 1 N–H and O–H groups in total. The third-order valence-electron chi connectivity index (χ3n) is 5.17. The van der Waals surface area contributed by atoms with Gasteiger partial charge < -0.3 is 15.0 Å². The summed E-state index contributed by atoms with van der Waals surface area (Å²) in [7, 11) is -3.20. The molecule has 2 atom stereocenters. The first-order valence-electron chi connectivity index (χ1n) is 8.98. The smallest absolute Gasteiger partial charge is 0.317 e. The summed E-state index contributed by atoms with van der Waals surface area (Å²) >= 11 is 0. The molecule has 1 aromatic rings. The van der Waals surface area contributed by atoms with Gasteiger partial charge in [0.2, 0.25) is 0 Å². The Bertz CT molecular complexity index is 729. The predicted molar refractivity (Wildman–Crippen MR) is 98.7 cm³/mol. The van der Waals surface area contributed by atoms with Crippen molar-refractivity contribution in [2.75, 3.05) is 45.6 Å². The van der Waals surface area contributed by atoms with Gasteiger partial charge in [-0.3, -0.25) is 4.90 Å². The van der Waals surface area contributed by atoms with E-state index in [9.17, 15) is 13.2 Å². The molecular weight excluding hydrogens is 354 g/mol. The molecule has 144 valence electrons. The normalized spacial score (nSPS) is 24.6. The number of nitrogens with zero attached hydrogens (tertiary/aromatic N) is 2. The van der Waals surface area contributed by atoms with Crippen molar-refractivity contribution in [3.8, 4) is 0 Å². The lowest BCUT2D eigenvalue weighted by molar-refractivity contribution is 0.0123. The molecule has 0 aromatic heterocycles. The highest BCUT2D eigenvalue weighted by atomic mass is 32.2. The first kappa shape index (κ1) is 19.1. The number of sulfone groups is 1. The fraction of sp³-hybridized carbons (Fsp3) is 0.611. The molecule has 0 radical (unpaired) electrons. The van der Waals surface area contributed by atoms with Crippen LogP contribution < -0.4 is 5.32 Å². The Morgan fingerprint density at radius 3 is 2.46 bits per heavy atom. The standard InChI is InChI=1S/C18H27N3O4S/c1-14-12-21(13-17(14)20-7-9-25-10-8-20)18(22)19-11-15-3-5-16(6-4-15)26(2,23)24/h3-6,14,17H,7-13H2,1-2H3,(H,19,22). The summed E-state index contributed by atoms with van der Waals surface area (Å²) in [5, 5.41) is 2.94. The van der Waals surface area contributed by atoms with E-state index in [2.05, 4.69) is 17.1 Å². The lowest BCUT2D eigenvalue weighted by Gasteiger charge is -2.33. The second kappa shape index (κ2) is 7.94. The van der Waals surface area contributed by atoms with Crippen molar-refractivity contribution in [2.24, 2.45) is 5.92 Å². The zero-order chi connectivity index (χ0) is 18.7. The number of nitrogens with one attached hydrogen (secondary N) is 1. The van der Waals surface area contributed by atoms with Crippen LogP contribution in [0.15, 0.2) is 29.2 Å². The maximum absolute atomic E-state index is 12.5. The molecule has 2 fully saturated rings. The van der Waals surface area contributed by atoms with Gasteiger partial charge in [-0.05, 0) is 23.6 Å². The highest BCUT2D eigenvalue weighted by Gasteiger charge is 2.36. The number of likely N-dealkylation sites (tertiary alicyclic amines) is 1. The molecule has 3 rings (SSSR count). The maximum atomic E-state index is 12.5. The molecule has 1 aromatic carbocycles. The van der Waals surface area contributed by atoms with Crippen LogP contribution in [0.4, 0.5) is 4.79 Å². The molecule has 0 bridgehead atoms. The fourth-order valence-electron chi connectivity index (χ4n) is 3.64. The highest BCUT2D eigenvalue weighted by molar-refractivity contribution is 7.90. The number of rotatable bonds is 4. The molecule has 7 nitrogen and oxygen atoms in total. The largest absolute Gasteiger partial charge is 0.379 e. The van der Waals surface area contributed by atoms with Crippen LogP contribution in [0.25, 0.3) is 0 Å². The van der Waals surface area contributed by atoms with Gasteiger partial charge in [-0.2, -0.15) is 0 Å². The van der Waals surface area contributed by atoms with Gasteiger partial charge in [0.25, 0.3) is 0 Å². The third kappa shape index (κ3) is 4.55. The van der Waals surface area contributed by atoms with Crippen molar-refractivity contribution in [1.29, 1.82) is 0 Å². The zero-order valence-electron chi connectivity index (χ0n) is 15.3. The van der Waals surface area contributed by atoms with Gasteiger partial charge in [0.15, 0.2) is 9.84 Å². The van der Waals surface area contributed by atoms with Crippen LogP contribution in [0.5, 0.6) is 0 Å². The van der Waals surface area contributed by atoms with Crippen molar-refractivity contribution in [1.82, 2.24) is 15.1 Å². The molecule has 0 spiro atoms. The van der Waals surface area contributed by atoms with Crippen LogP contribution in [-0.2, 0) is 21.1 Å².